The van der Waals surface area contributed by atoms with Gasteiger partial charge in [-0.1, -0.05) is 37.5 Å². The topological polar surface area (TPSA) is 195 Å². The fourth-order valence-electron chi connectivity index (χ4n) is 9.04. The Morgan fingerprint density at radius 3 is 2.55 bits per heavy atom. The van der Waals surface area contributed by atoms with Gasteiger partial charge in [0.25, 0.3) is 5.91 Å². The van der Waals surface area contributed by atoms with Crippen LogP contribution >= 0.6 is 0 Å². The summed E-state index contributed by atoms with van der Waals surface area (Å²) in [7, 11) is -2.32. The van der Waals surface area contributed by atoms with Gasteiger partial charge in [-0.15, -0.1) is 6.58 Å². The third-order valence-electron chi connectivity index (χ3n) is 12.7. The normalized spacial score (nSPS) is 28.8. The Balaban J connectivity index is 1.16. The van der Waals surface area contributed by atoms with Crippen LogP contribution in [0.25, 0.3) is 17.0 Å². The molecule has 16 nitrogen and oxygen atoms in total. The van der Waals surface area contributed by atoms with Gasteiger partial charge in [-0.25, -0.2) is 18.2 Å². The summed E-state index contributed by atoms with van der Waals surface area (Å²) in [6.07, 6.45) is 11.7. The number of carbonyl (C=O) groups is 4. The van der Waals surface area contributed by atoms with Crippen molar-refractivity contribution in [1.82, 2.24) is 30.1 Å². The molecule has 5 fully saturated rings. The van der Waals surface area contributed by atoms with Crippen LogP contribution in [0.15, 0.2) is 36.9 Å². The van der Waals surface area contributed by atoms with Gasteiger partial charge in [0, 0.05) is 42.0 Å². The summed E-state index contributed by atoms with van der Waals surface area (Å²) >= 11 is 0. The van der Waals surface area contributed by atoms with Crippen LogP contribution in [-0.4, -0.2) is 122 Å². The first-order chi connectivity index (χ1) is 28.9. The molecule has 0 unspecified atom stereocenters. The van der Waals surface area contributed by atoms with Gasteiger partial charge in [0.1, 0.15) is 35.2 Å². The van der Waals surface area contributed by atoms with E-state index in [1.54, 1.807) is 18.1 Å². The summed E-state index contributed by atoms with van der Waals surface area (Å²) in [4.78, 5) is 65.0. The number of urea groups is 1. The standard InChI is InChI=1S/C43H56N6O10S/c1-4-28-22-43(28,41(52)47-60(54,55)31-15-16-31)46-39(50)34-19-29-25-49(34)40(51)38(26-12-8-6-9-13-26)45-42(53)48-23-30(24-48)58-17-11-7-10-14-27-18-32-33(20-35(27)56-3)44-37(57-5-2)21-36(32)59-29/h4,10,14,18,20-21,26,28-31,34,38H,1,5-9,11-13,15-17,19,22-25H2,2-3H3,(H,45,53)(H,46,50)(H,47,52)/t28-,29-,34+,38+,43-/m1/s1. The van der Waals surface area contributed by atoms with Crippen molar-refractivity contribution in [1.29, 1.82) is 0 Å². The summed E-state index contributed by atoms with van der Waals surface area (Å²) in [6, 6.07) is 3.04. The van der Waals surface area contributed by atoms with Gasteiger partial charge < -0.3 is 39.4 Å². The molecular formula is C43H56N6O10S. The molecule has 7 aliphatic rings. The lowest BCUT2D eigenvalue weighted by Crippen LogP contribution is -2.63. The fraction of sp³-hybridized carbons (Fsp3) is 0.605. The van der Waals surface area contributed by atoms with E-state index in [2.05, 4.69) is 28.0 Å². The van der Waals surface area contributed by atoms with Crippen LogP contribution in [-0.2, 0) is 29.1 Å². The third kappa shape index (κ3) is 8.65. The van der Waals surface area contributed by atoms with Crippen LogP contribution in [0.1, 0.15) is 83.1 Å². The van der Waals surface area contributed by atoms with E-state index in [0.29, 0.717) is 67.4 Å². The van der Waals surface area contributed by atoms with Gasteiger partial charge in [-0.3, -0.25) is 19.1 Å². The molecule has 4 aliphatic heterocycles. The maximum atomic E-state index is 15.1. The van der Waals surface area contributed by atoms with E-state index in [1.807, 2.05) is 25.1 Å². The Morgan fingerprint density at radius 1 is 1.07 bits per heavy atom. The van der Waals surface area contributed by atoms with Crippen molar-refractivity contribution in [3.8, 4) is 17.4 Å². The molecule has 1 aromatic carbocycles. The minimum absolute atomic E-state index is 0.00746. The smallest absolute Gasteiger partial charge is 0.318 e. The molecule has 5 heterocycles. The van der Waals surface area contributed by atoms with Gasteiger partial charge in [-0.05, 0) is 63.9 Å². The van der Waals surface area contributed by atoms with Crippen molar-refractivity contribution in [2.24, 2.45) is 11.8 Å². The van der Waals surface area contributed by atoms with Crippen molar-refractivity contribution in [3.63, 3.8) is 0 Å². The number of rotatable bonds is 10. The zero-order valence-electron chi connectivity index (χ0n) is 34.4. The van der Waals surface area contributed by atoms with Gasteiger partial charge in [0.15, 0.2) is 0 Å². The Kier molecular flexibility index (Phi) is 12.0. The molecule has 3 saturated carbocycles. The molecular weight excluding hydrogens is 793 g/mol. The van der Waals surface area contributed by atoms with Gasteiger partial charge >= 0.3 is 6.03 Å². The van der Waals surface area contributed by atoms with Crippen molar-refractivity contribution >= 4 is 50.8 Å². The summed E-state index contributed by atoms with van der Waals surface area (Å²) in [5.74, 6) is -1.20. The zero-order chi connectivity index (χ0) is 42.2. The number of carbonyl (C=O) groups excluding carboxylic acids is 4. The largest absolute Gasteiger partial charge is 0.496 e. The van der Waals surface area contributed by atoms with Crippen LogP contribution in [0.5, 0.6) is 17.4 Å². The van der Waals surface area contributed by atoms with E-state index >= 15 is 4.79 Å². The summed E-state index contributed by atoms with van der Waals surface area (Å²) < 4.78 is 52.4. The number of fused-ring (bicyclic) bond motifs is 7. The first-order valence-electron chi connectivity index (χ1n) is 21.4. The molecule has 0 radical (unpaired) electrons. The average molecular weight is 849 g/mol. The Hall–Kier alpha value is -4.90. The SMILES string of the molecule is C=C[C@@H]1C[C@]1(NC(=O)[C@@H]1C[C@@H]2CN1C(=O)[C@H](C1CCCCC1)NC(=O)N1CC(C1)OCCCC=Cc1cc3c(cc(OCC)nc3cc1OC)O2)C(=O)NS(=O)(=O)C1CC1. The Bertz CT molecular complexity index is 2150. The number of hydrogen-bond acceptors (Lipinski definition) is 11. The molecule has 3 aliphatic carbocycles. The number of aromatic nitrogens is 1. The lowest BCUT2D eigenvalue weighted by molar-refractivity contribution is -0.142. The first-order valence-corrected chi connectivity index (χ1v) is 22.9. The minimum Gasteiger partial charge on any atom is -0.496 e. The van der Waals surface area contributed by atoms with Crippen LogP contribution in [0.4, 0.5) is 4.79 Å². The summed E-state index contributed by atoms with van der Waals surface area (Å²) in [6.45, 7) is 7.34. The van der Waals surface area contributed by atoms with Gasteiger partial charge in [0.05, 0.1) is 50.2 Å². The number of amides is 5. The average Bonchev–Trinajstić information content (AvgIpc) is 4.15. The number of pyridine rings is 1. The highest BCUT2D eigenvalue weighted by molar-refractivity contribution is 7.91. The van der Waals surface area contributed by atoms with E-state index in [0.717, 1.165) is 50.5 Å². The molecule has 1 aromatic heterocycles. The highest BCUT2D eigenvalue weighted by atomic mass is 32.2. The number of methoxy groups -OCH3 is 1. The van der Waals surface area contributed by atoms with Crippen LogP contribution in [0.2, 0.25) is 0 Å². The second-order valence-corrected chi connectivity index (χ2v) is 18.9. The van der Waals surface area contributed by atoms with Crippen molar-refractivity contribution in [2.45, 2.75) is 113 Å². The number of benzene rings is 1. The molecule has 9 rings (SSSR count). The molecule has 0 spiro atoms. The number of allylic oxidation sites excluding steroid dienone is 1. The quantitative estimate of drug-likeness (QED) is 0.294. The molecule has 2 saturated heterocycles. The lowest BCUT2D eigenvalue weighted by Gasteiger charge is -2.41. The maximum Gasteiger partial charge on any atom is 0.318 e. The van der Waals surface area contributed by atoms with E-state index < -0.39 is 62.6 Å². The molecule has 60 heavy (non-hydrogen) atoms. The van der Waals surface area contributed by atoms with E-state index in [9.17, 15) is 22.8 Å². The van der Waals surface area contributed by atoms with Crippen molar-refractivity contribution in [2.75, 3.05) is 40.0 Å². The molecule has 324 valence electrons. The summed E-state index contributed by atoms with van der Waals surface area (Å²) in [5, 5.41) is 5.96. The molecule has 2 aromatic rings. The fourth-order valence-corrected chi connectivity index (χ4v) is 10.4. The zero-order valence-corrected chi connectivity index (χ0v) is 35.2. The highest BCUT2D eigenvalue weighted by Gasteiger charge is 2.62. The molecule has 17 heteroatoms. The Morgan fingerprint density at radius 2 is 1.85 bits per heavy atom. The predicted octanol–water partition coefficient (Wildman–Crippen LogP) is 3.83. The van der Waals surface area contributed by atoms with Crippen molar-refractivity contribution < 1.29 is 46.5 Å². The van der Waals surface area contributed by atoms with Crippen LogP contribution in [0.3, 0.4) is 0 Å². The number of nitrogens with zero attached hydrogens (tertiary/aromatic N) is 3. The summed E-state index contributed by atoms with van der Waals surface area (Å²) in [5.41, 5.74) is -0.193. The van der Waals surface area contributed by atoms with Crippen LogP contribution in [0, 0.1) is 11.8 Å². The Labute approximate surface area is 350 Å². The number of sulfonamides is 1. The molecule has 3 N–H and O–H groups in total. The number of nitrogens with one attached hydrogen (secondary N) is 3. The second kappa shape index (κ2) is 17.2. The van der Waals surface area contributed by atoms with Gasteiger partial charge in [-0.2, -0.15) is 0 Å². The van der Waals surface area contributed by atoms with E-state index in [1.165, 1.54) is 11.0 Å². The van der Waals surface area contributed by atoms with Crippen molar-refractivity contribution in [3.05, 3.63) is 42.5 Å². The monoisotopic (exact) mass is 848 g/mol. The minimum atomic E-state index is -3.91. The van der Waals surface area contributed by atoms with E-state index in [4.69, 9.17) is 23.9 Å². The first kappa shape index (κ1) is 41.8. The van der Waals surface area contributed by atoms with Crippen LogP contribution < -0.4 is 29.6 Å². The molecule has 6 bridgehead atoms. The molecule has 5 amide bonds. The maximum absolute atomic E-state index is 15.1. The van der Waals surface area contributed by atoms with Gasteiger partial charge in [0.2, 0.25) is 27.7 Å². The third-order valence-corrected chi connectivity index (χ3v) is 14.6. The highest BCUT2D eigenvalue weighted by Crippen LogP contribution is 2.46. The molecule has 5 atom stereocenters. The lowest BCUT2D eigenvalue weighted by atomic mass is 9.83. The number of hydrogen-bond donors (Lipinski definition) is 3. The van der Waals surface area contributed by atoms with E-state index in [-0.39, 0.29) is 37.4 Å². The predicted molar refractivity (Wildman–Crippen MR) is 222 cm³/mol. The number of ether oxygens (including phenoxy) is 4. The second-order valence-electron chi connectivity index (χ2n) is 16.9.